The molecule has 0 bridgehead atoms. The van der Waals surface area contributed by atoms with Crippen molar-refractivity contribution in [3.05, 3.63) is 17.7 Å². The molecule has 0 saturated carbocycles. The molecule has 1 atom stereocenters. The van der Waals surface area contributed by atoms with Crippen LogP contribution in [-0.4, -0.2) is 45.4 Å². The number of nitrogens with zero attached hydrogens (tertiary/aromatic N) is 1. The van der Waals surface area contributed by atoms with Crippen LogP contribution in [0.2, 0.25) is 0 Å². The highest BCUT2D eigenvalue weighted by Gasteiger charge is 2.22. The Morgan fingerprint density at radius 3 is 2.35 bits per heavy atom. The van der Waals surface area contributed by atoms with E-state index in [2.05, 4.69) is 4.90 Å². The van der Waals surface area contributed by atoms with Gasteiger partial charge in [-0.25, -0.2) is 0 Å². The number of methoxy groups -OCH3 is 3. The summed E-state index contributed by atoms with van der Waals surface area (Å²) in [5.41, 5.74) is 7.03. The lowest BCUT2D eigenvalue weighted by atomic mass is 10.1. The van der Waals surface area contributed by atoms with Gasteiger partial charge < -0.3 is 19.9 Å². The van der Waals surface area contributed by atoms with Crippen LogP contribution in [0.4, 0.5) is 0 Å². The summed E-state index contributed by atoms with van der Waals surface area (Å²) in [5.74, 6) is 2.06. The fourth-order valence-electron chi connectivity index (χ4n) is 2.53. The number of rotatable bonds is 5. The Kier molecular flexibility index (Phi) is 6.39. The summed E-state index contributed by atoms with van der Waals surface area (Å²) in [5, 5.41) is 0. The van der Waals surface area contributed by atoms with Crippen LogP contribution in [0.15, 0.2) is 12.1 Å². The lowest BCUT2D eigenvalue weighted by molar-refractivity contribution is 0.300. The molecule has 1 aromatic carbocycles. The maximum absolute atomic E-state index is 5.93. The monoisotopic (exact) mass is 302 g/mol. The Hall–Kier alpha value is -1.17. The molecule has 1 fully saturated rings. The van der Waals surface area contributed by atoms with E-state index in [1.54, 1.807) is 21.3 Å². The van der Waals surface area contributed by atoms with Crippen molar-refractivity contribution in [3.63, 3.8) is 0 Å². The molecule has 0 aliphatic carbocycles. The Morgan fingerprint density at radius 1 is 1.15 bits per heavy atom. The molecule has 114 valence electrons. The number of ether oxygens (including phenoxy) is 3. The quantitative estimate of drug-likeness (QED) is 0.896. The van der Waals surface area contributed by atoms with Crippen molar-refractivity contribution in [1.82, 2.24) is 4.90 Å². The second-order valence-electron chi connectivity index (χ2n) is 4.78. The lowest BCUT2D eigenvalue weighted by Crippen LogP contribution is -2.26. The number of likely N-dealkylation sites (tertiary alicyclic amines) is 1. The van der Waals surface area contributed by atoms with E-state index in [0.29, 0.717) is 11.5 Å². The van der Waals surface area contributed by atoms with Gasteiger partial charge in [-0.05, 0) is 12.5 Å². The van der Waals surface area contributed by atoms with Gasteiger partial charge in [-0.1, -0.05) is 6.07 Å². The zero-order valence-electron chi connectivity index (χ0n) is 12.2. The second-order valence-corrected chi connectivity index (χ2v) is 4.78. The summed E-state index contributed by atoms with van der Waals surface area (Å²) in [6, 6.07) is 4.21. The lowest BCUT2D eigenvalue weighted by Gasteiger charge is -2.20. The molecule has 2 rings (SSSR count). The molecular formula is C14H23ClN2O3. The van der Waals surface area contributed by atoms with Crippen molar-refractivity contribution in [3.8, 4) is 17.2 Å². The second kappa shape index (κ2) is 7.57. The van der Waals surface area contributed by atoms with E-state index < -0.39 is 0 Å². The highest BCUT2D eigenvalue weighted by Crippen LogP contribution is 2.40. The van der Waals surface area contributed by atoms with Crippen molar-refractivity contribution in [2.75, 3.05) is 34.4 Å². The first-order valence-corrected chi connectivity index (χ1v) is 6.45. The van der Waals surface area contributed by atoms with Gasteiger partial charge in [0, 0.05) is 31.2 Å². The summed E-state index contributed by atoms with van der Waals surface area (Å²) in [6.07, 6.45) is 1.05. The molecule has 20 heavy (non-hydrogen) atoms. The summed E-state index contributed by atoms with van der Waals surface area (Å²) in [7, 11) is 4.89. The molecule has 0 radical (unpaired) electrons. The Bertz CT molecular complexity index is 443. The molecule has 1 aliphatic rings. The molecule has 2 N–H and O–H groups in total. The minimum absolute atomic E-state index is 0. The standard InChI is InChI=1S/C14H22N2O3.ClH/c1-17-12-5-4-10(13(18-2)14(12)19-3)8-16-7-6-11(15)9-16;/h4-5,11H,6-9,15H2,1-3H3;1H. The summed E-state index contributed by atoms with van der Waals surface area (Å²) in [6.45, 7) is 2.77. The molecule has 0 amide bonds. The molecule has 1 aromatic rings. The third-order valence-electron chi connectivity index (χ3n) is 3.49. The molecule has 5 nitrogen and oxygen atoms in total. The van der Waals surface area contributed by atoms with Gasteiger partial charge in [-0.3, -0.25) is 4.90 Å². The molecule has 1 aliphatic heterocycles. The first-order valence-electron chi connectivity index (χ1n) is 6.45. The van der Waals surface area contributed by atoms with Gasteiger partial charge in [0.2, 0.25) is 5.75 Å². The predicted octanol–water partition coefficient (Wildman–Crippen LogP) is 1.67. The minimum Gasteiger partial charge on any atom is -0.493 e. The van der Waals surface area contributed by atoms with E-state index >= 15 is 0 Å². The van der Waals surface area contributed by atoms with Crippen LogP contribution in [0.25, 0.3) is 0 Å². The average molecular weight is 303 g/mol. The van der Waals surface area contributed by atoms with Crippen LogP contribution in [0, 0.1) is 0 Å². The Balaban J connectivity index is 0.00000200. The highest BCUT2D eigenvalue weighted by atomic mass is 35.5. The van der Waals surface area contributed by atoms with Gasteiger partial charge in [0.15, 0.2) is 11.5 Å². The van der Waals surface area contributed by atoms with E-state index in [9.17, 15) is 0 Å². The number of nitrogens with two attached hydrogens (primary N) is 1. The maximum Gasteiger partial charge on any atom is 0.203 e. The van der Waals surface area contributed by atoms with Gasteiger partial charge in [-0.15, -0.1) is 12.4 Å². The van der Waals surface area contributed by atoms with Crippen molar-refractivity contribution in [1.29, 1.82) is 0 Å². The van der Waals surface area contributed by atoms with Gasteiger partial charge in [-0.2, -0.15) is 0 Å². The van der Waals surface area contributed by atoms with Gasteiger partial charge >= 0.3 is 0 Å². The fourth-order valence-corrected chi connectivity index (χ4v) is 2.53. The van der Waals surface area contributed by atoms with Crippen molar-refractivity contribution in [2.45, 2.75) is 19.0 Å². The normalized spacial score (nSPS) is 18.5. The molecule has 6 heteroatoms. The van der Waals surface area contributed by atoms with Crippen LogP contribution in [0.3, 0.4) is 0 Å². The number of halogens is 1. The number of hydrogen-bond donors (Lipinski definition) is 1. The van der Waals surface area contributed by atoms with Crippen LogP contribution in [-0.2, 0) is 6.54 Å². The molecule has 0 spiro atoms. The van der Waals surface area contributed by atoms with E-state index in [1.807, 2.05) is 12.1 Å². The van der Waals surface area contributed by atoms with Crippen molar-refractivity contribution < 1.29 is 14.2 Å². The van der Waals surface area contributed by atoms with Crippen LogP contribution >= 0.6 is 12.4 Å². The van der Waals surface area contributed by atoms with E-state index in [1.165, 1.54) is 0 Å². The molecule has 0 aromatic heterocycles. The van der Waals surface area contributed by atoms with Crippen LogP contribution in [0.1, 0.15) is 12.0 Å². The maximum atomic E-state index is 5.93. The largest absolute Gasteiger partial charge is 0.493 e. The topological polar surface area (TPSA) is 57.0 Å². The highest BCUT2D eigenvalue weighted by molar-refractivity contribution is 5.85. The van der Waals surface area contributed by atoms with Crippen molar-refractivity contribution >= 4 is 12.4 Å². The van der Waals surface area contributed by atoms with E-state index in [-0.39, 0.29) is 18.4 Å². The zero-order chi connectivity index (χ0) is 13.8. The van der Waals surface area contributed by atoms with E-state index in [0.717, 1.165) is 37.4 Å². The summed E-state index contributed by atoms with van der Waals surface area (Å²) < 4.78 is 16.2. The Labute approximate surface area is 126 Å². The molecule has 1 saturated heterocycles. The van der Waals surface area contributed by atoms with Crippen molar-refractivity contribution in [2.24, 2.45) is 5.73 Å². The number of benzene rings is 1. The Morgan fingerprint density at radius 2 is 1.85 bits per heavy atom. The van der Waals surface area contributed by atoms with E-state index in [4.69, 9.17) is 19.9 Å². The van der Waals surface area contributed by atoms with Gasteiger partial charge in [0.25, 0.3) is 0 Å². The van der Waals surface area contributed by atoms with Crippen LogP contribution in [0.5, 0.6) is 17.2 Å². The third kappa shape index (κ3) is 3.48. The third-order valence-corrected chi connectivity index (χ3v) is 3.49. The first-order chi connectivity index (χ1) is 9.19. The zero-order valence-corrected chi connectivity index (χ0v) is 13.0. The summed E-state index contributed by atoms with van der Waals surface area (Å²) in [4.78, 5) is 2.33. The van der Waals surface area contributed by atoms with Gasteiger partial charge in [0.05, 0.1) is 21.3 Å². The average Bonchev–Trinajstić information content (AvgIpc) is 2.83. The SMILES string of the molecule is COc1ccc(CN2CCC(N)C2)c(OC)c1OC.Cl. The fraction of sp³-hybridized carbons (Fsp3) is 0.571. The number of hydrogen-bond acceptors (Lipinski definition) is 5. The predicted molar refractivity (Wildman–Crippen MR) is 81.2 cm³/mol. The molecule has 1 unspecified atom stereocenters. The minimum atomic E-state index is 0. The molecular weight excluding hydrogens is 280 g/mol. The van der Waals surface area contributed by atoms with Gasteiger partial charge in [0.1, 0.15) is 0 Å². The first kappa shape index (κ1) is 16.9. The summed E-state index contributed by atoms with van der Waals surface area (Å²) >= 11 is 0. The smallest absolute Gasteiger partial charge is 0.203 e. The molecule has 1 heterocycles. The van der Waals surface area contributed by atoms with Crippen LogP contribution < -0.4 is 19.9 Å².